The van der Waals surface area contributed by atoms with Gasteiger partial charge in [-0.3, -0.25) is 9.59 Å². The number of carboxylic acids is 1. The Morgan fingerprint density at radius 1 is 1.20 bits per heavy atom. The average molecular weight is 523 g/mol. The number of fused-ring (bicyclic) bond motifs is 1. The van der Waals surface area contributed by atoms with Gasteiger partial charge in [0.15, 0.2) is 0 Å². The van der Waals surface area contributed by atoms with E-state index in [4.69, 9.17) is 29.1 Å². The summed E-state index contributed by atoms with van der Waals surface area (Å²) >= 11 is 0. The van der Waals surface area contributed by atoms with Gasteiger partial charge in [0.1, 0.15) is 6.10 Å². The van der Waals surface area contributed by atoms with Crippen LogP contribution in [0.4, 0.5) is 0 Å². The number of allylic oxidation sites excluding steroid dienone is 2. The maximum absolute atomic E-state index is 12.4. The average Bonchev–Trinajstić information content (AvgIpc) is 2.70. The molecule has 8 atom stereocenters. The first-order chi connectivity index (χ1) is 16.1. The molecule has 0 heterocycles. The molecule has 1 unspecified atom stereocenters. The smallest absolute Gasteiger partial charge is 0.466 e. The van der Waals surface area contributed by atoms with E-state index in [1.807, 2.05) is 26.0 Å². The molecule has 0 aromatic heterocycles. The first kappa shape index (κ1) is 31.4. The van der Waals surface area contributed by atoms with Crippen LogP contribution in [0.25, 0.3) is 0 Å². The van der Waals surface area contributed by atoms with Crippen LogP contribution in [0.1, 0.15) is 59.3 Å². The molecule has 7 N–H and O–H groups in total. The van der Waals surface area contributed by atoms with Gasteiger partial charge in [-0.2, -0.15) is 0 Å². The van der Waals surface area contributed by atoms with Gasteiger partial charge in [-0.1, -0.05) is 39.0 Å². The third-order valence-electron chi connectivity index (χ3n) is 6.44. The van der Waals surface area contributed by atoms with E-state index in [-0.39, 0.29) is 42.5 Å². The van der Waals surface area contributed by atoms with Crippen LogP contribution in [-0.2, 0) is 18.9 Å². The Hall–Kier alpha value is -1.59. The Kier molecular flexibility index (Phi) is 12.8. The van der Waals surface area contributed by atoms with E-state index >= 15 is 0 Å². The molecule has 0 aliphatic heterocycles. The van der Waals surface area contributed by atoms with E-state index in [1.54, 1.807) is 0 Å². The molecule has 202 valence electrons. The number of carboxylic acid groups (broad SMARTS) is 1. The van der Waals surface area contributed by atoms with Gasteiger partial charge in [-0.05, 0) is 43.1 Å². The summed E-state index contributed by atoms with van der Waals surface area (Å²) in [5, 5.41) is 39.1. The molecule has 0 spiro atoms. The van der Waals surface area contributed by atoms with Crippen LogP contribution in [0.5, 0.6) is 0 Å². The molecule has 35 heavy (non-hydrogen) atoms. The summed E-state index contributed by atoms with van der Waals surface area (Å²) in [5.41, 5.74) is 0.958. The molecule has 12 heteroatoms. The minimum atomic E-state index is -4.64. The van der Waals surface area contributed by atoms with Crippen LogP contribution in [0.3, 0.4) is 0 Å². The second kappa shape index (κ2) is 14.2. The Morgan fingerprint density at radius 2 is 1.80 bits per heavy atom. The van der Waals surface area contributed by atoms with Crippen LogP contribution in [0.15, 0.2) is 23.8 Å². The molecule has 0 radical (unpaired) electrons. The van der Waals surface area contributed by atoms with Gasteiger partial charge in [0, 0.05) is 12.3 Å². The van der Waals surface area contributed by atoms with Crippen molar-refractivity contribution >= 4 is 19.8 Å². The zero-order valence-electron chi connectivity index (χ0n) is 20.3. The van der Waals surface area contributed by atoms with Crippen LogP contribution >= 0.6 is 7.82 Å². The Bertz CT molecular complexity index is 797. The van der Waals surface area contributed by atoms with E-state index in [1.165, 1.54) is 0 Å². The lowest BCUT2D eigenvalue weighted by atomic mass is 9.66. The number of carbonyl (C=O) groups is 2. The zero-order chi connectivity index (χ0) is 26.9. The Balaban J connectivity index is 0.00000111. The summed E-state index contributed by atoms with van der Waals surface area (Å²) in [7, 11) is -4.64. The van der Waals surface area contributed by atoms with Gasteiger partial charge in [-0.25, -0.2) is 4.57 Å². The summed E-state index contributed by atoms with van der Waals surface area (Å²) < 4.78 is 14.7. The second-order valence-corrected chi connectivity index (χ2v) is 10.4. The third kappa shape index (κ3) is 11.8. The molecule has 0 aromatic rings. The highest BCUT2D eigenvalue weighted by Crippen LogP contribution is 2.44. The maximum Gasteiger partial charge on any atom is 0.466 e. The van der Waals surface area contributed by atoms with Gasteiger partial charge in [-0.15, -0.1) is 0 Å². The molecule has 11 nitrogen and oxygen atoms in total. The number of hydrogen-bond acceptors (Lipinski definition) is 7. The molecular formula is C23H39O11P. The Morgan fingerprint density at radius 3 is 2.34 bits per heavy atom. The van der Waals surface area contributed by atoms with Crippen LogP contribution in [-0.4, -0.2) is 71.5 Å². The fraction of sp³-hybridized carbons (Fsp3) is 0.739. The minimum absolute atomic E-state index is 0.0156. The zero-order valence-corrected chi connectivity index (χ0v) is 21.2. The van der Waals surface area contributed by atoms with Gasteiger partial charge in [0.05, 0.1) is 30.7 Å². The number of aliphatic hydroxyl groups excluding tert-OH is 3. The largest absolute Gasteiger partial charge is 0.481 e. The standard InChI is InChI=1S/C23H36O7.H3O4P/c1-4-13(2)23(29)30-20-11-17(25)9-15-6-5-14(3)19(22(15)20)8-7-16(24)10-18(26)12-21(27)28;1-5(2,3)4/h5-6,9,13-14,16-20,22,24-26H,4,7-8,10-12H2,1-3H3,(H,27,28);(H3,1,2,3,4)/t13-,14-,16+,17+,18?,19-,20-,22-;/m0./s1. The molecule has 0 saturated carbocycles. The summed E-state index contributed by atoms with van der Waals surface area (Å²) in [6.07, 6.45) is 4.64. The van der Waals surface area contributed by atoms with E-state index < -0.39 is 38.2 Å². The number of esters is 1. The molecule has 2 aliphatic carbocycles. The van der Waals surface area contributed by atoms with Gasteiger partial charge in [0.2, 0.25) is 0 Å². The van der Waals surface area contributed by atoms with E-state index in [2.05, 4.69) is 13.0 Å². The first-order valence-corrected chi connectivity index (χ1v) is 13.3. The van der Waals surface area contributed by atoms with E-state index in [0.717, 1.165) is 5.57 Å². The number of ether oxygens (including phenoxy) is 1. The number of aliphatic carboxylic acids is 1. The van der Waals surface area contributed by atoms with Crippen molar-refractivity contribution in [2.45, 2.75) is 83.7 Å². The fourth-order valence-corrected chi connectivity index (χ4v) is 4.52. The molecule has 0 fully saturated rings. The highest BCUT2D eigenvalue weighted by Gasteiger charge is 2.42. The second-order valence-electron chi connectivity index (χ2n) is 9.39. The third-order valence-corrected chi connectivity index (χ3v) is 6.44. The number of phosphoric acid groups is 1. The first-order valence-electron chi connectivity index (χ1n) is 11.8. The van der Waals surface area contributed by atoms with Gasteiger partial charge < -0.3 is 39.8 Å². The quantitative estimate of drug-likeness (QED) is 0.162. The predicted molar refractivity (Wildman–Crippen MR) is 126 cm³/mol. The lowest BCUT2D eigenvalue weighted by molar-refractivity contribution is -0.159. The topological polar surface area (TPSA) is 202 Å². The van der Waals surface area contributed by atoms with Gasteiger partial charge >= 0.3 is 19.8 Å². The monoisotopic (exact) mass is 522 g/mol. The molecular weight excluding hydrogens is 483 g/mol. The molecule has 0 bridgehead atoms. The molecule has 2 rings (SSSR count). The van der Waals surface area contributed by atoms with Crippen LogP contribution in [0.2, 0.25) is 0 Å². The molecule has 2 aliphatic rings. The molecule has 0 amide bonds. The summed E-state index contributed by atoms with van der Waals surface area (Å²) in [6.45, 7) is 5.85. The van der Waals surface area contributed by atoms with E-state index in [9.17, 15) is 24.9 Å². The number of aliphatic hydroxyl groups is 3. The number of hydrogen-bond donors (Lipinski definition) is 7. The van der Waals surface area contributed by atoms with Crippen molar-refractivity contribution in [2.24, 2.45) is 23.7 Å². The SMILES string of the molecule is CC[C@H](C)C(=O)O[C@H]1C[C@H](O)C=C2C=C[C@H](C)[C@H](CC[C@@H](O)CC(O)CC(=O)O)[C@H]21.O=P(O)(O)O. The van der Waals surface area contributed by atoms with Crippen LogP contribution in [0, 0.1) is 23.7 Å². The molecule has 0 saturated heterocycles. The normalized spacial score (nSPS) is 28.5. The van der Waals surface area contributed by atoms with Crippen molar-refractivity contribution in [1.82, 2.24) is 0 Å². The lowest BCUT2D eigenvalue weighted by Gasteiger charge is -2.43. The lowest BCUT2D eigenvalue weighted by Crippen LogP contribution is -2.43. The highest BCUT2D eigenvalue weighted by molar-refractivity contribution is 7.45. The highest BCUT2D eigenvalue weighted by atomic mass is 31.2. The summed E-state index contributed by atoms with van der Waals surface area (Å²) in [5.74, 6) is -1.31. The minimum Gasteiger partial charge on any atom is -0.481 e. The van der Waals surface area contributed by atoms with E-state index in [0.29, 0.717) is 25.7 Å². The summed E-state index contributed by atoms with van der Waals surface area (Å²) in [4.78, 5) is 44.7. The fourth-order valence-electron chi connectivity index (χ4n) is 4.52. The molecule has 0 aromatic carbocycles. The maximum atomic E-state index is 12.4. The van der Waals surface area contributed by atoms with Crippen molar-refractivity contribution in [1.29, 1.82) is 0 Å². The van der Waals surface area contributed by atoms with Crippen LogP contribution < -0.4 is 0 Å². The van der Waals surface area contributed by atoms with Crippen molar-refractivity contribution in [3.63, 3.8) is 0 Å². The predicted octanol–water partition coefficient (Wildman–Crippen LogP) is 1.51. The summed E-state index contributed by atoms with van der Waals surface area (Å²) in [6, 6.07) is 0. The van der Waals surface area contributed by atoms with Crippen molar-refractivity contribution in [3.05, 3.63) is 23.8 Å². The number of carbonyl (C=O) groups excluding carboxylic acids is 1. The number of rotatable bonds is 10. The van der Waals surface area contributed by atoms with Crippen molar-refractivity contribution < 1.29 is 54.0 Å². The Labute approximate surface area is 205 Å². The van der Waals surface area contributed by atoms with Crippen molar-refractivity contribution in [3.8, 4) is 0 Å². The van der Waals surface area contributed by atoms with Crippen molar-refractivity contribution in [2.75, 3.05) is 0 Å². The van der Waals surface area contributed by atoms with Gasteiger partial charge in [0.25, 0.3) is 0 Å².